The molecule has 4 rings (SSSR count). The van der Waals surface area contributed by atoms with Crippen LogP contribution in [0.25, 0.3) is 0 Å². The maximum Gasteiger partial charge on any atom is 0.341 e. The Morgan fingerprint density at radius 2 is 1.67 bits per heavy atom. The molecule has 244 valence electrons. The molecule has 2 aliphatic rings. The molecule has 0 bridgehead atoms. The molecular formula is C31H32Cl2N4O9. The molecule has 0 aromatic heterocycles. The number of rotatable bonds is 12. The number of hydrogen-bond donors (Lipinski definition) is 3. The van der Waals surface area contributed by atoms with Crippen LogP contribution in [0.4, 0.5) is 0 Å². The lowest BCUT2D eigenvalue weighted by atomic mass is 10.0. The van der Waals surface area contributed by atoms with E-state index in [1.807, 2.05) is 30.3 Å². The molecule has 3 atom stereocenters. The van der Waals surface area contributed by atoms with E-state index in [9.17, 15) is 38.7 Å². The number of Topliss-reactive ketones (excluding diaryl/α,β-unsaturated/α-hetero) is 1. The van der Waals surface area contributed by atoms with E-state index in [4.69, 9.17) is 27.9 Å². The van der Waals surface area contributed by atoms with Gasteiger partial charge in [0.1, 0.15) is 18.1 Å². The first-order chi connectivity index (χ1) is 22.0. The first-order valence-corrected chi connectivity index (χ1v) is 15.3. The number of nitrogens with zero attached hydrogens (tertiary/aromatic N) is 2. The molecule has 2 aromatic carbocycles. The van der Waals surface area contributed by atoms with E-state index in [-0.39, 0.29) is 47.8 Å². The van der Waals surface area contributed by atoms with Crippen molar-refractivity contribution in [2.45, 2.75) is 63.1 Å². The number of esters is 1. The van der Waals surface area contributed by atoms with Crippen LogP contribution in [-0.4, -0.2) is 87.8 Å². The largest absolute Gasteiger partial charge is 0.481 e. The van der Waals surface area contributed by atoms with Crippen LogP contribution in [0.5, 0.6) is 0 Å². The standard InChI is InChI=1S/C31H32Cl2N4O9/c32-19-8-4-9-20(33)28(19)31(45)46-17-24(38)22(16-27(41)42)35-29(43)23-10-5-15-36-26(40)14-12-21(30(44)37(23)36)34-25(39)13-11-18-6-2-1-3-7-18/h1-4,6-9,21-23H,5,10-17H2,(H,34,39)(H,35,43)(H,41,42)/t21?,22-,23-/m0/s1. The number of ether oxygens (including phenoxy) is 1. The second-order valence-corrected chi connectivity index (χ2v) is 11.6. The summed E-state index contributed by atoms with van der Waals surface area (Å²) in [6.45, 7) is -0.755. The van der Waals surface area contributed by atoms with Gasteiger partial charge < -0.3 is 20.5 Å². The Balaban J connectivity index is 1.44. The fourth-order valence-electron chi connectivity index (χ4n) is 5.27. The van der Waals surface area contributed by atoms with Crippen molar-refractivity contribution < 1.29 is 43.4 Å². The summed E-state index contributed by atoms with van der Waals surface area (Å²) in [6, 6.07) is 9.59. The Hall–Kier alpha value is -4.49. The third-order valence-electron chi connectivity index (χ3n) is 7.58. The molecule has 2 heterocycles. The summed E-state index contributed by atoms with van der Waals surface area (Å²) in [5, 5.41) is 16.6. The number of aliphatic carboxylic acids is 1. The monoisotopic (exact) mass is 674 g/mol. The van der Waals surface area contributed by atoms with Gasteiger partial charge in [0.25, 0.3) is 5.91 Å². The maximum atomic E-state index is 13.7. The highest BCUT2D eigenvalue weighted by atomic mass is 35.5. The number of fused-ring (bicyclic) bond motifs is 1. The summed E-state index contributed by atoms with van der Waals surface area (Å²) in [6.07, 6.45) is 0.102. The molecule has 46 heavy (non-hydrogen) atoms. The lowest BCUT2D eigenvalue weighted by molar-refractivity contribution is -0.176. The molecule has 3 N–H and O–H groups in total. The first-order valence-electron chi connectivity index (χ1n) is 14.6. The molecular weight excluding hydrogens is 643 g/mol. The second-order valence-electron chi connectivity index (χ2n) is 10.8. The average Bonchev–Trinajstić information content (AvgIpc) is 3.14. The first kappa shape index (κ1) is 34.4. The number of aryl methyl sites for hydroxylation is 1. The van der Waals surface area contributed by atoms with Gasteiger partial charge in [-0.3, -0.25) is 33.8 Å². The van der Waals surface area contributed by atoms with Gasteiger partial charge in [0.15, 0.2) is 12.4 Å². The highest BCUT2D eigenvalue weighted by Gasteiger charge is 2.45. The Labute approximate surface area is 274 Å². The molecule has 0 spiro atoms. The normalized spacial score (nSPS) is 18.6. The smallest absolute Gasteiger partial charge is 0.341 e. The number of nitrogens with one attached hydrogen (secondary N) is 2. The average molecular weight is 676 g/mol. The number of halogens is 2. The van der Waals surface area contributed by atoms with E-state index in [2.05, 4.69) is 10.6 Å². The Kier molecular flexibility index (Phi) is 11.7. The third kappa shape index (κ3) is 8.61. The molecule has 15 heteroatoms. The van der Waals surface area contributed by atoms with Crippen molar-refractivity contribution in [3.63, 3.8) is 0 Å². The summed E-state index contributed by atoms with van der Waals surface area (Å²) < 4.78 is 5.01. The van der Waals surface area contributed by atoms with Gasteiger partial charge in [-0.2, -0.15) is 0 Å². The van der Waals surface area contributed by atoms with E-state index in [1.165, 1.54) is 18.2 Å². The fourth-order valence-corrected chi connectivity index (χ4v) is 5.82. The van der Waals surface area contributed by atoms with E-state index < -0.39 is 72.5 Å². The van der Waals surface area contributed by atoms with Crippen molar-refractivity contribution in [2.24, 2.45) is 0 Å². The fraction of sp³-hybridized carbons (Fsp3) is 0.387. The topological polar surface area (TPSA) is 179 Å². The van der Waals surface area contributed by atoms with Gasteiger partial charge in [-0.1, -0.05) is 59.6 Å². The highest BCUT2D eigenvalue weighted by Crippen LogP contribution is 2.26. The number of hydrogen-bond acceptors (Lipinski definition) is 8. The minimum atomic E-state index is -1.64. The predicted molar refractivity (Wildman–Crippen MR) is 163 cm³/mol. The van der Waals surface area contributed by atoms with Crippen molar-refractivity contribution in [2.75, 3.05) is 13.2 Å². The summed E-state index contributed by atoms with van der Waals surface area (Å²) in [4.78, 5) is 90.1. The van der Waals surface area contributed by atoms with Crippen molar-refractivity contribution in [1.29, 1.82) is 0 Å². The number of carboxylic acid groups (broad SMARTS) is 1. The van der Waals surface area contributed by atoms with Crippen molar-refractivity contribution in [1.82, 2.24) is 20.7 Å². The Morgan fingerprint density at radius 1 is 0.978 bits per heavy atom. The Morgan fingerprint density at radius 3 is 2.35 bits per heavy atom. The zero-order valence-electron chi connectivity index (χ0n) is 24.6. The number of carbonyl (C=O) groups is 7. The molecule has 2 aromatic rings. The molecule has 2 saturated heterocycles. The zero-order chi connectivity index (χ0) is 33.4. The lowest BCUT2D eigenvalue weighted by Crippen LogP contribution is -2.64. The second kappa shape index (κ2) is 15.7. The van der Waals surface area contributed by atoms with Crippen LogP contribution < -0.4 is 10.6 Å². The molecule has 1 unspecified atom stereocenters. The summed E-state index contributed by atoms with van der Waals surface area (Å²) in [5.41, 5.74) is 0.748. The van der Waals surface area contributed by atoms with Gasteiger partial charge >= 0.3 is 11.9 Å². The van der Waals surface area contributed by atoms with Crippen LogP contribution in [0.3, 0.4) is 0 Å². The van der Waals surface area contributed by atoms with Crippen molar-refractivity contribution in [3.8, 4) is 0 Å². The number of carboxylic acids is 1. The molecule has 0 radical (unpaired) electrons. The third-order valence-corrected chi connectivity index (χ3v) is 8.21. The molecule has 2 aliphatic heterocycles. The van der Waals surface area contributed by atoms with Crippen LogP contribution >= 0.6 is 23.2 Å². The molecule has 4 amide bonds. The molecule has 0 saturated carbocycles. The number of amides is 4. The summed E-state index contributed by atoms with van der Waals surface area (Å²) in [7, 11) is 0. The molecule has 13 nitrogen and oxygen atoms in total. The SMILES string of the molecule is O=C(O)C[C@H](NC(=O)[C@@H]1CCCN2C(=O)CCC(NC(=O)CCc3ccccc3)C(=O)N12)C(=O)COC(=O)c1c(Cl)cccc1Cl. The van der Waals surface area contributed by atoms with Gasteiger partial charge in [-0.15, -0.1) is 0 Å². The minimum absolute atomic E-state index is 0.0236. The van der Waals surface area contributed by atoms with E-state index in [0.717, 1.165) is 15.6 Å². The quantitative estimate of drug-likeness (QED) is 0.285. The maximum absolute atomic E-state index is 13.7. The van der Waals surface area contributed by atoms with Crippen molar-refractivity contribution in [3.05, 3.63) is 69.7 Å². The summed E-state index contributed by atoms with van der Waals surface area (Å²) >= 11 is 12.0. The highest BCUT2D eigenvalue weighted by molar-refractivity contribution is 6.39. The van der Waals surface area contributed by atoms with Gasteiger partial charge in [0.2, 0.25) is 17.7 Å². The number of benzene rings is 2. The zero-order valence-corrected chi connectivity index (χ0v) is 26.1. The van der Waals surface area contributed by atoms with E-state index in [0.29, 0.717) is 12.8 Å². The summed E-state index contributed by atoms with van der Waals surface area (Å²) in [5.74, 6) is -5.79. The van der Waals surface area contributed by atoms with Crippen LogP contribution in [0.15, 0.2) is 48.5 Å². The van der Waals surface area contributed by atoms with Gasteiger partial charge in [-0.25, -0.2) is 9.80 Å². The van der Waals surface area contributed by atoms with Gasteiger partial charge in [0.05, 0.1) is 22.0 Å². The van der Waals surface area contributed by atoms with Crippen LogP contribution in [0.1, 0.15) is 54.4 Å². The number of carbonyl (C=O) groups excluding carboxylic acids is 6. The van der Waals surface area contributed by atoms with E-state index >= 15 is 0 Å². The molecule has 0 aliphatic carbocycles. The van der Waals surface area contributed by atoms with E-state index in [1.54, 1.807) is 0 Å². The van der Waals surface area contributed by atoms with Crippen LogP contribution in [0, 0.1) is 0 Å². The van der Waals surface area contributed by atoms with Gasteiger partial charge in [0, 0.05) is 19.4 Å². The Bertz CT molecular complexity index is 1500. The van der Waals surface area contributed by atoms with Gasteiger partial charge in [-0.05, 0) is 43.4 Å². The minimum Gasteiger partial charge on any atom is -0.481 e. The van der Waals surface area contributed by atoms with Crippen LogP contribution in [-0.2, 0) is 39.9 Å². The lowest BCUT2D eigenvalue weighted by Gasteiger charge is -2.43. The van der Waals surface area contributed by atoms with Crippen molar-refractivity contribution >= 4 is 64.6 Å². The number of ketones is 1. The number of hydrazine groups is 1. The predicted octanol–water partition coefficient (Wildman–Crippen LogP) is 2.32. The van der Waals surface area contributed by atoms with Crippen LogP contribution in [0.2, 0.25) is 10.0 Å². The molecule has 2 fully saturated rings.